The maximum absolute atomic E-state index is 13.4. The van der Waals surface area contributed by atoms with E-state index < -0.39 is 40.7 Å². The van der Waals surface area contributed by atoms with Crippen LogP contribution in [0.2, 0.25) is 0 Å². The largest absolute Gasteiger partial charge is 0.460 e. The lowest BCUT2D eigenvalue weighted by molar-refractivity contribution is -0.160. The molecule has 0 bridgehead atoms. The quantitative estimate of drug-likeness (QED) is 0.347. The van der Waals surface area contributed by atoms with E-state index in [-0.39, 0.29) is 18.4 Å². The van der Waals surface area contributed by atoms with Crippen LogP contribution in [0, 0.1) is 22.9 Å². The fraction of sp³-hybridized carbons (Fsp3) is 0.429. The fourth-order valence-electron chi connectivity index (χ4n) is 1.85. The van der Waals surface area contributed by atoms with Gasteiger partial charge in [0.2, 0.25) is 5.24 Å². The number of esters is 1. The monoisotopic (exact) mass is 322 g/mol. The minimum atomic E-state index is -1.52. The van der Waals surface area contributed by atoms with Crippen LogP contribution >= 0.6 is 11.6 Å². The summed E-state index contributed by atoms with van der Waals surface area (Å²) in [6.45, 7) is 2.56. The summed E-state index contributed by atoms with van der Waals surface area (Å²) in [5, 5.41) is -0.872. The third-order valence-corrected chi connectivity index (χ3v) is 3.78. The second-order valence-electron chi connectivity index (χ2n) is 4.50. The average Bonchev–Trinajstić information content (AvgIpc) is 2.43. The summed E-state index contributed by atoms with van der Waals surface area (Å²) < 4.78 is 44.0. The van der Waals surface area contributed by atoms with Crippen LogP contribution < -0.4 is 0 Å². The number of benzene rings is 1. The van der Waals surface area contributed by atoms with Gasteiger partial charge in [-0.25, -0.2) is 13.2 Å². The highest BCUT2D eigenvalue weighted by molar-refractivity contribution is 6.66. The van der Waals surface area contributed by atoms with Crippen molar-refractivity contribution < 1.29 is 27.5 Å². The summed E-state index contributed by atoms with van der Waals surface area (Å²) in [5.74, 6) is -4.56. The molecule has 0 aliphatic carbocycles. The van der Waals surface area contributed by atoms with Gasteiger partial charge < -0.3 is 4.74 Å². The number of hydrogen-bond acceptors (Lipinski definition) is 3. The van der Waals surface area contributed by atoms with Crippen molar-refractivity contribution in [2.24, 2.45) is 5.41 Å². The van der Waals surface area contributed by atoms with Gasteiger partial charge in [-0.2, -0.15) is 0 Å². The highest BCUT2D eigenvalue weighted by atomic mass is 35.5. The van der Waals surface area contributed by atoms with E-state index in [1.54, 1.807) is 13.8 Å². The fourth-order valence-corrected chi connectivity index (χ4v) is 2.20. The number of carbonyl (C=O) groups excluding carboxylic acids is 2. The Morgan fingerprint density at radius 3 is 2.10 bits per heavy atom. The predicted octanol–water partition coefficient (Wildman–Crippen LogP) is 3.72. The van der Waals surface area contributed by atoms with E-state index in [9.17, 15) is 22.8 Å². The van der Waals surface area contributed by atoms with Gasteiger partial charge >= 0.3 is 5.97 Å². The summed E-state index contributed by atoms with van der Waals surface area (Å²) in [5.41, 5.74) is -1.85. The number of ether oxygens (including phenoxy) is 1. The maximum atomic E-state index is 13.4. The molecule has 1 rings (SSSR count). The molecule has 0 fully saturated rings. The van der Waals surface area contributed by atoms with Crippen molar-refractivity contribution in [3.63, 3.8) is 0 Å². The van der Waals surface area contributed by atoms with Gasteiger partial charge in [-0.3, -0.25) is 9.59 Å². The molecule has 0 spiro atoms. The molecule has 21 heavy (non-hydrogen) atoms. The molecule has 1 aromatic carbocycles. The Kier molecular flexibility index (Phi) is 5.78. The van der Waals surface area contributed by atoms with Crippen molar-refractivity contribution in [1.29, 1.82) is 0 Å². The van der Waals surface area contributed by atoms with Gasteiger partial charge in [0.05, 0.1) is 0 Å². The smallest absolute Gasteiger partial charge is 0.321 e. The highest BCUT2D eigenvalue weighted by Crippen LogP contribution is 2.31. The van der Waals surface area contributed by atoms with Crippen LogP contribution in [0.3, 0.4) is 0 Å². The van der Waals surface area contributed by atoms with E-state index in [0.717, 1.165) is 0 Å². The van der Waals surface area contributed by atoms with Gasteiger partial charge in [-0.15, -0.1) is 0 Å². The summed E-state index contributed by atoms with van der Waals surface area (Å²) in [4.78, 5) is 23.4. The minimum absolute atomic E-state index is 0.116. The molecule has 0 heterocycles. The number of carbonyl (C=O) groups is 2. The normalized spacial score (nSPS) is 11.3. The molecule has 0 saturated heterocycles. The third kappa shape index (κ3) is 3.56. The molecule has 0 radical (unpaired) electrons. The van der Waals surface area contributed by atoms with E-state index in [2.05, 4.69) is 0 Å². The first-order chi connectivity index (χ1) is 9.78. The minimum Gasteiger partial charge on any atom is -0.460 e. The Balaban J connectivity index is 2.90. The molecule has 0 N–H and O–H groups in total. The molecular weight excluding hydrogens is 309 g/mol. The van der Waals surface area contributed by atoms with Gasteiger partial charge in [-0.05, 0) is 30.5 Å². The van der Waals surface area contributed by atoms with E-state index in [4.69, 9.17) is 16.3 Å². The van der Waals surface area contributed by atoms with E-state index in [1.807, 2.05) is 0 Å². The Morgan fingerprint density at radius 1 is 1.10 bits per heavy atom. The molecule has 7 heteroatoms. The topological polar surface area (TPSA) is 43.4 Å². The van der Waals surface area contributed by atoms with Gasteiger partial charge in [-0.1, -0.05) is 13.8 Å². The summed E-state index contributed by atoms with van der Waals surface area (Å²) in [6, 6.07) is 0.956. The zero-order valence-electron chi connectivity index (χ0n) is 11.5. The first-order valence-electron chi connectivity index (χ1n) is 6.29. The van der Waals surface area contributed by atoms with Crippen LogP contribution in [0.5, 0.6) is 0 Å². The van der Waals surface area contributed by atoms with Crippen LogP contribution in [0.4, 0.5) is 13.2 Å². The highest BCUT2D eigenvalue weighted by Gasteiger charge is 2.43. The number of halogens is 4. The second kappa shape index (κ2) is 6.93. The summed E-state index contributed by atoms with van der Waals surface area (Å²) >= 11 is 5.43. The van der Waals surface area contributed by atoms with E-state index in [0.29, 0.717) is 12.1 Å². The molecule has 3 nitrogen and oxygen atoms in total. The summed E-state index contributed by atoms with van der Waals surface area (Å²) in [7, 11) is 0. The van der Waals surface area contributed by atoms with Crippen LogP contribution in [-0.2, 0) is 20.9 Å². The third-order valence-electron chi connectivity index (χ3n) is 3.42. The predicted molar refractivity (Wildman–Crippen MR) is 70.0 cm³/mol. The lowest BCUT2D eigenvalue weighted by atomic mass is 9.84. The Labute approximate surface area is 125 Å². The first-order valence-corrected chi connectivity index (χ1v) is 6.66. The molecule has 1 aromatic rings. The SMILES string of the molecule is CCC(CC)(C(=O)Cl)C(=O)OCc1cc(F)c(F)cc1F. The maximum Gasteiger partial charge on any atom is 0.321 e. The molecule has 0 aliphatic rings. The van der Waals surface area contributed by atoms with Crippen LogP contribution in [0.25, 0.3) is 0 Å². The van der Waals surface area contributed by atoms with Crippen molar-refractivity contribution in [3.8, 4) is 0 Å². The molecule has 0 aliphatic heterocycles. The van der Waals surface area contributed by atoms with Gasteiger partial charge in [0.1, 0.15) is 17.8 Å². The molecular formula is C14H14ClF3O3. The van der Waals surface area contributed by atoms with E-state index >= 15 is 0 Å². The number of hydrogen-bond donors (Lipinski definition) is 0. The lowest BCUT2D eigenvalue weighted by Crippen LogP contribution is -2.37. The second-order valence-corrected chi connectivity index (χ2v) is 4.84. The molecule has 0 amide bonds. The Morgan fingerprint density at radius 2 is 1.62 bits per heavy atom. The zero-order valence-corrected chi connectivity index (χ0v) is 12.3. The molecule has 0 atom stereocenters. The van der Waals surface area contributed by atoms with Crippen molar-refractivity contribution >= 4 is 22.8 Å². The average molecular weight is 323 g/mol. The number of rotatable bonds is 6. The van der Waals surface area contributed by atoms with Gasteiger partial charge in [0.25, 0.3) is 0 Å². The Bertz CT molecular complexity index is 557. The van der Waals surface area contributed by atoms with Crippen molar-refractivity contribution in [2.45, 2.75) is 33.3 Å². The van der Waals surface area contributed by atoms with Gasteiger partial charge in [0, 0.05) is 11.6 Å². The molecule has 116 valence electrons. The van der Waals surface area contributed by atoms with E-state index in [1.165, 1.54) is 0 Å². The van der Waals surface area contributed by atoms with Crippen LogP contribution in [0.1, 0.15) is 32.3 Å². The lowest BCUT2D eigenvalue weighted by Gasteiger charge is -2.24. The molecule has 0 unspecified atom stereocenters. The van der Waals surface area contributed by atoms with Gasteiger partial charge in [0.15, 0.2) is 11.6 Å². The standard InChI is InChI=1S/C14H14ClF3O3/c1-3-14(4-2,12(15)19)13(20)21-7-8-5-10(17)11(18)6-9(8)16/h5-6H,3-4,7H2,1-2H3. The molecule has 0 aromatic heterocycles. The van der Waals surface area contributed by atoms with Crippen molar-refractivity contribution in [3.05, 3.63) is 35.1 Å². The summed E-state index contributed by atoms with van der Waals surface area (Å²) in [6.07, 6.45) is 0.232. The zero-order chi connectivity index (χ0) is 16.2. The van der Waals surface area contributed by atoms with Crippen molar-refractivity contribution in [2.75, 3.05) is 0 Å². The molecule has 0 saturated carbocycles. The van der Waals surface area contributed by atoms with Crippen molar-refractivity contribution in [1.82, 2.24) is 0 Å². The Hall–Kier alpha value is -1.56. The van der Waals surface area contributed by atoms with Crippen LogP contribution in [-0.4, -0.2) is 11.2 Å². The van der Waals surface area contributed by atoms with Crippen LogP contribution in [0.15, 0.2) is 12.1 Å². The first kappa shape index (κ1) is 17.5.